The molecule has 0 spiro atoms. The molecule has 3 nitrogen and oxygen atoms in total. The van der Waals surface area contributed by atoms with Crippen molar-refractivity contribution in [1.29, 1.82) is 0 Å². The lowest BCUT2D eigenvalue weighted by Gasteiger charge is -2.01. The van der Waals surface area contributed by atoms with Crippen LogP contribution in [0, 0.1) is 6.92 Å². The standard InChI is InChI=1S/C12H10ClNO2S/c1-7-14-12(11(5-13)17-7)8-2-3-9-10(4-8)16-6-15-9/h2-4H,5-6H2,1H3. The van der Waals surface area contributed by atoms with E-state index in [1.807, 2.05) is 25.1 Å². The van der Waals surface area contributed by atoms with Crippen LogP contribution in [0.25, 0.3) is 11.3 Å². The monoisotopic (exact) mass is 267 g/mol. The Labute approximate surface area is 108 Å². The lowest BCUT2D eigenvalue weighted by Crippen LogP contribution is -1.92. The van der Waals surface area contributed by atoms with Crippen molar-refractivity contribution in [3.05, 3.63) is 28.1 Å². The molecule has 0 bridgehead atoms. The van der Waals surface area contributed by atoms with Crippen LogP contribution < -0.4 is 9.47 Å². The molecule has 1 aliphatic rings. The molecule has 0 unspecified atom stereocenters. The van der Waals surface area contributed by atoms with Crippen molar-refractivity contribution in [3.63, 3.8) is 0 Å². The Bertz CT molecular complexity index is 568. The topological polar surface area (TPSA) is 31.4 Å². The predicted molar refractivity (Wildman–Crippen MR) is 68.0 cm³/mol. The Morgan fingerprint density at radius 2 is 2.18 bits per heavy atom. The van der Waals surface area contributed by atoms with Gasteiger partial charge in [0.25, 0.3) is 0 Å². The summed E-state index contributed by atoms with van der Waals surface area (Å²) in [7, 11) is 0. The fraction of sp³-hybridized carbons (Fsp3) is 0.250. The van der Waals surface area contributed by atoms with E-state index in [2.05, 4.69) is 4.98 Å². The zero-order valence-electron chi connectivity index (χ0n) is 9.20. The van der Waals surface area contributed by atoms with Crippen molar-refractivity contribution < 1.29 is 9.47 Å². The van der Waals surface area contributed by atoms with Crippen LogP contribution in [0.4, 0.5) is 0 Å². The summed E-state index contributed by atoms with van der Waals surface area (Å²) in [6, 6.07) is 5.84. The summed E-state index contributed by atoms with van der Waals surface area (Å²) in [6.07, 6.45) is 0. The second-order valence-electron chi connectivity index (χ2n) is 3.71. The average Bonchev–Trinajstić information content (AvgIpc) is 2.93. The second kappa shape index (κ2) is 4.20. The lowest BCUT2D eigenvalue weighted by atomic mass is 10.1. The lowest BCUT2D eigenvalue weighted by molar-refractivity contribution is 0.174. The van der Waals surface area contributed by atoms with Gasteiger partial charge in [0.05, 0.1) is 16.6 Å². The summed E-state index contributed by atoms with van der Waals surface area (Å²) < 4.78 is 10.6. The van der Waals surface area contributed by atoms with E-state index in [0.29, 0.717) is 5.88 Å². The number of rotatable bonds is 2. The van der Waals surface area contributed by atoms with E-state index in [0.717, 1.165) is 32.6 Å². The van der Waals surface area contributed by atoms with E-state index >= 15 is 0 Å². The first-order valence-electron chi connectivity index (χ1n) is 5.20. The number of aryl methyl sites for hydroxylation is 1. The van der Waals surface area contributed by atoms with E-state index in [9.17, 15) is 0 Å². The number of hydrogen-bond donors (Lipinski definition) is 0. The Morgan fingerprint density at radius 1 is 1.35 bits per heavy atom. The molecule has 1 aliphatic heterocycles. The number of fused-ring (bicyclic) bond motifs is 1. The molecule has 2 aromatic rings. The number of ether oxygens (including phenoxy) is 2. The molecule has 1 aromatic heterocycles. The molecule has 0 saturated carbocycles. The van der Waals surface area contributed by atoms with Gasteiger partial charge in [-0.05, 0) is 25.1 Å². The fourth-order valence-corrected chi connectivity index (χ4v) is 2.93. The molecule has 0 radical (unpaired) electrons. The first-order chi connectivity index (χ1) is 8.28. The van der Waals surface area contributed by atoms with Crippen LogP contribution in [0.15, 0.2) is 18.2 Å². The summed E-state index contributed by atoms with van der Waals surface area (Å²) in [5, 5.41) is 1.02. The fourth-order valence-electron chi connectivity index (χ4n) is 1.83. The minimum atomic E-state index is 0.289. The third-order valence-corrected chi connectivity index (χ3v) is 3.97. The summed E-state index contributed by atoms with van der Waals surface area (Å²) >= 11 is 7.55. The van der Waals surface area contributed by atoms with Gasteiger partial charge < -0.3 is 9.47 Å². The average molecular weight is 268 g/mol. The van der Waals surface area contributed by atoms with E-state index in [1.165, 1.54) is 0 Å². The van der Waals surface area contributed by atoms with Crippen molar-refractivity contribution in [2.24, 2.45) is 0 Å². The zero-order valence-corrected chi connectivity index (χ0v) is 10.8. The molecule has 0 atom stereocenters. The van der Waals surface area contributed by atoms with Crippen LogP contribution >= 0.6 is 22.9 Å². The van der Waals surface area contributed by atoms with Gasteiger partial charge in [-0.15, -0.1) is 22.9 Å². The molecule has 0 saturated heterocycles. The van der Waals surface area contributed by atoms with E-state index in [4.69, 9.17) is 21.1 Å². The van der Waals surface area contributed by atoms with Crippen molar-refractivity contribution in [1.82, 2.24) is 4.98 Å². The maximum Gasteiger partial charge on any atom is 0.231 e. The van der Waals surface area contributed by atoms with Crippen molar-refractivity contribution in [2.45, 2.75) is 12.8 Å². The van der Waals surface area contributed by atoms with Crippen LogP contribution in [0.2, 0.25) is 0 Å². The van der Waals surface area contributed by atoms with Gasteiger partial charge in [0, 0.05) is 10.4 Å². The van der Waals surface area contributed by atoms with Gasteiger partial charge in [-0.25, -0.2) is 4.98 Å². The van der Waals surface area contributed by atoms with Gasteiger partial charge in [0.1, 0.15) is 0 Å². The minimum Gasteiger partial charge on any atom is -0.454 e. The molecule has 3 rings (SSSR count). The van der Waals surface area contributed by atoms with Crippen molar-refractivity contribution >= 4 is 22.9 Å². The molecular weight excluding hydrogens is 258 g/mol. The maximum absolute atomic E-state index is 5.93. The van der Waals surface area contributed by atoms with Crippen LogP contribution in [0.5, 0.6) is 11.5 Å². The highest BCUT2D eigenvalue weighted by Crippen LogP contribution is 2.37. The van der Waals surface area contributed by atoms with Gasteiger partial charge in [-0.1, -0.05) is 0 Å². The Kier molecular flexibility index (Phi) is 2.68. The summed E-state index contributed by atoms with van der Waals surface area (Å²) in [5.41, 5.74) is 1.97. The molecule has 1 aromatic carbocycles. The number of aromatic nitrogens is 1. The van der Waals surface area contributed by atoms with Crippen molar-refractivity contribution in [2.75, 3.05) is 6.79 Å². The van der Waals surface area contributed by atoms with Gasteiger partial charge in [-0.2, -0.15) is 0 Å². The molecule has 2 heterocycles. The highest BCUT2D eigenvalue weighted by Gasteiger charge is 2.17. The number of hydrogen-bond acceptors (Lipinski definition) is 4. The predicted octanol–water partition coefficient (Wildman–Crippen LogP) is 3.59. The van der Waals surface area contributed by atoms with Crippen LogP contribution in [0.3, 0.4) is 0 Å². The van der Waals surface area contributed by atoms with Gasteiger partial charge in [0.2, 0.25) is 6.79 Å². The highest BCUT2D eigenvalue weighted by atomic mass is 35.5. The number of benzene rings is 1. The number of alkyl halides is 1. The van der Waals surface area contributed by atoms with E-state index < -0.39 is 0 Å². The van der Waals surface area contributed by atoms with Gasteiger partial charge in [-0.3, -0.25) is 0 Å². The Morgan fingerprint density at radius 3 is 3.00 bits per heavy atom. The minimum absolute atomic E-state index is 0.289. The van der Waals surface area contributed by atoms with Gasteiger partial charge in [0.15, 0.2) is 11.5 Å². The number of nitrogens with zero attached hydrogens (tertiary/aromatic N) is 1. The maximum atomic E-state index is 5.93. The highest BCUT2D eigenvalue weighted by molar-refractivity contribution is 7.12. The van der Waals surface area contributed by atoms with Crippen LogP contribution in [0.1, 0.15) is 9.88 Å². The third kappa shape index (κ3) is 1.87. The normalized spacial score (nSPS) is 13.1. The van der Waals surface area contributed by atoms with Crippen molar-refractivity contribution in [3.8, 4) is 22.8 Å². The summed E-state index contributed by atoms with van der Waals surface area (Å²) in [6.45, 7) is 2.27. The Balaban J connectivity index is 2.08. The smallest absolute Gasteiger partial charge is 0.231 e. The zero-order chi connectivity index (χ0) is 11.8. The molecule has 0 aliphatic carbocycles. The molecule has 88 valence electrons. The third-order valence-electron chi connectivity index (χ3n) is 2.57. The largest absolute Gasteiger partial charge is 0.454 e. The molecule has 17 heavy (non-hydrogen) atoms. The van der Waals surface area contributed by atoms with Crippen LogP contribution in [-0.4, -0.2) is 11.8 Å². The molecule has 5 heteroatoms. The van der Waals surface area contributed by atoms with E-state index in [1.54, 1.807) is 11.3 Å². The first kappa shape index (κ1) is 10.9. The molecule has 0 amide bonds. The molecular formula is C12H10ClNO2S. The summed E-state index contributed by atoms with van der Waals surface area (Å²) in [5.74, 6) is 2.04. The van der Waals surface area contributed by atoms with Gasteiger partial charge >= 0.3 is 0 Å². The first-order valence-corrected chi connectivity index (χ1v) is 6.55. The molecule has 0 fully saturated rings. The van der Waals surface area contributed by atoms with Crippen LogP contribution in [-0.2, 0) is 5.88 Å². The second-order valence-corrected chi connectivity index (χ2v) is 5.26. The number of thiazole rings is 1. The van der Waals surface area contributed by atoms with E-state index in [-0.39, 0.29) is 6.79 Å². The Hall–Kier alpha value is -1.26. The number of halogens is 1. The quantitative estimate of drug-likeness (QED) is 0.780. The SMILES string of the molecule is Cc1nc(-c2ccc3c(c2)OCO3)c(CCl)s1. The summed E-state index contributed by atoms with van der Waals surface area (Å²) in [4.78, 5) is 5.60. The molecule has 0 N–H and O–H groups in total.